The van der Waals surface area contributed by atoms with Crippen molar-refractivity contribution in [3.63, 3.8) is 0 Å². The van der Waals surface area contributed by atoms with Gasteiger partial charge in [-0.1, -0.05) is 0 Å². The van der Waals surface area contributed by atoms with Gasteiger partial charge in [-0.05, 0) is 31.2 Å². The van der Waals surface area contributed by atoms with E-state index in [1.165, 1.54) is 5.56 Å². The summed E-state index contributed by atoms with van der Waals surface area (Å²) in [6.07, 6.45) is 3.89. The molecule has 1 atom stereocenters. The summed E-state index contributed by atoms with van der Waals surface area (Å²) in [6.45, 7) is 2.11. The van der Waals surface area contributed by atoms with Gasteiger partial charge in [-0.25, -0.2) is 0 Å². The van der Waals surface area contributed by atoms with E-state index in [9.17, 15) is 0 Å². The summed E-state index contributed by atoms with van der Waals surface area (Å²) in [4.78, 5) is 0. The molecule has 1 aromatic heterocycles. The van der Waals surface area contributed by atoms with E-state index < -0.39 is 0 Å². The highest BCUT2D eigenvalue weighted by Crippen LogP contribution is 2.20. The van der Waals surface area contributed by atoms with Crippen molar-refractivity contribution in [1.82, 2.24) is 9.78 Å². The van der Waals surface area contributed by atoms with Gasteiger partial charge >= 0.3 is 0 Å². The maximum absolute atomic E-state index is 5.12. The Morgan fingerprint density at radius 3 is 2.53 bits per heavy atom. The van der Waals surface area contributed by atoms with Crippen molar-refractivity contribution < 1.29 is 4.74 Å². The first-order valence-corrected chi connectivity index (χ1v) is 5.58. The lowest BCUT2D eigenvalue weighted by molar-refractivity contribution is 0.415. The molecule has 0 radical (unpaired) electrons. The van der Waals surface area contributed by atoms with E-state index in [4.69, 9.17) is 4.74 Å². The van der Waals surface area contributed by atoms with E-state index >= 15 is 0 Å². The summed E-state index contributed by atoms with van der Waals surface area (Å²) in [5.41, 5.74) is 2.24. The number of rotatable bonds is 4. The smallest absolute Gasteiger partial charge is 0.119 e. The van der Waals surface area contributed by atoms with Crippen molar-refractivity contribution >= 4 is 5.69 Å². The first-order valence-electron chi connectivity index (χ1n) is 5.58. The summed E-state index contributed by atoms with van der Waals surface area (Å²) in [5.74, 6) is 0.865. The second kappa shape index (κ2) is 4.91. The molecule has 0 aliphatic rings. The first kappa shape index (κ1) is 11.5. The zero-order valence-electron chi connectivity index (χ0n) is 10.3. The molecule has 0 saturated heterocycles. The van der Waals surface area contributed by atoms with Crippen LogP contribution in [0.5, 0.6) is 5.75 Å². The minimum Gasteiger partial charge on any atom is -0.497 e. The average Bonchev–Trinajstić information content (AvgIpc) is 2.77. The number of ether oxygens (including phenoxy) is 1. The Kier molecular flexibility index (Phi) is 3.32. The number of methoxy groups -OCH3 is 1. The monoisotopic (exact) mass is 231 g/mol. The molecular formula is C13H17N3O. The van der Waals surface area contributed by atoms with Crippen molar-refractivity contribution in [3.05, 3.63) is 42.2 Å². The molecule has 1 aromatic carbocycles. The molecule has 0 aliphatic heterocycles. The number of anilines is 1. The quantitative estimate of drug-likeness (QED) is 0.879. The fourth-order valence-corrected chi connectivity index (χ4v) is 1.68. The van der Waals surface area contributed by atoms with Gasteiger partial charge in [0.25, 0.3) is 0 Å². The normalized spacial score (nSPS) is 12.2. The van der Waals surface area contributed by atoms with Crippen LogP contribution in [-0.2, 0) is 7.05 Å². The summed E-state index contributed by atoms with van der Waals surface area (Å²) >= 11 is 0. The lowest BCUT2D eigenvalue weighted by atomic mass is 10.2. The molecule has 0 spiro atoms. The Bertz CT molecular complexity index is 476. The van der Waals surface area contributed by atoms with Crippen molar-refractivity contribution in [2.75, 3.05) is 12.4 Å². The predicted octanol–water partition coefficient (Wildman–Crippen LogP) is 2.60. The van der Waals surface area contributed by atoms with Crippen LogP contribution in [0.2, 0.25) is 0 Å². The summed E-state index contributed by atoms with van der Waals surface area (Å²) in [7, 11) is 3.59. The van der Waals surface area contributed by atoms with E-state index in [-0.39, 0.29) is 6.04 Å². The molecule has 0 fully saturated rings. The van der Waals surface area contributed by atoms with Gasteiger partial charge in [0.2, 0.25) is 0 Å². The van der Waals surface area contributed by atoms with Gasteiger partial charge in [-0.15, -0.1) is 0 Å². The van der Waals surface area contributed by atoms with Gasteiger partial charge in [0.15, 0.2) is 0 Å². The number of aryl methyl sites for hydroxylation is 1. The maximum atomic E-state index is 5.12. The molecule has 2 aromatic rings. The molecule has 0 aliphatic carbocycles. The Morgan fingerprint density at radius 2 is 2.00 bits per heavy atom. The third kappa shape index (κ3) is 2.78. The average molecular weight is 231 g/mol. The third-order valence-electron chi connectivity index (χ3n) is 2.70. The predicted molar refractivity (Wildman–Crippen MR) is 68.2 cm³/mol. The molecule has 4 nitrogen and oxygen atoms in total. The number of benzene rings is 1. The molecule has 0 saturated carbocycles. The van der Waals surface area contributed by atoms with Crippen LogP contribution in [0.3, 0.4) is 0 Å². The van der Waals surface area contributed by atoms with Gasteiger partial charge < -0.3 is 10.1 Å². The van der Waals surface area contributed by atoms with Crippen LogP contribution in [0.4, 0.5) is 5.69 Å². The Labute approximate surface area is 101 Å². The number of hydrogen-bond donors (Lipinski definition) is 1. The van der Waals surface area contributed by atoms with Crippen LogP contribution in [-0.4, -0.2) is 16.9 Å². The zero-order chi connectivity index (χ0) is 12.3. The largest absolute Gasteiger partial charge is 0.497 e. The van der Waals surface area contributed by atoms with Crippen LogP contribution >= 0.6 is 0 Å². The molecule has 0 amide bonds. The van der Waals surface area contributed by atoms with Gasteiger partial charge in [0, 0.05) is 24.5 Å². The highest BCUT2D eigenvalue weighted by Gasteiger charge is 2.06. The van der Waals surface area contributed by atoms with Gasteiger partial charge in [0.1, 0.15) is 5.75 Å². The topological polar surface area (TPSA) is 39.1 Å². The van der Waals surface area contributed by atoms with E-state index in [2.05, 4.69) is 17.3 Å². The van der Waals surface area contributed by atoms with Crippen LogP contribution in [0.15, 0.2) is 36.7 Å². The molecule has 90 valence electrons. The molecule has 4 heteroatoms. The van der Waals surface area contributed by atoms with Gasteiger partial charge in [-0.3, -0.25) is 4.68 Å². The molecular weight excluding hydrogens is 214 g/mol. The molecule has 17 heavy (non-hydrogen) atoms. The van der Waals surface area contributed by atoms with Crippen LogP contribution < -0.4 is 10.1 Å². The fraction of sp³-hybridized carbons (Fsp3) is 0.308. The van der Waals surface area contributed by atoms with E-state index in [1.807, 2.05) is 48.4 Å². The van der Waals surface area contributed by atoms with Crippen molar-refractivity contribution in [3.8, 4) is 5.75 Å². The highest BCUT2D eigenvalue weighted by atomic mass is 16.5. The van der Waals surface area contributed by atoms with Crippen LogP contribution in [0.25, 0.3) is 0 Å². The second-order valence-corrected chi connectivity index (χ2v) is 4.04. The Hall–Kier alpha value is -1.97. The molecule has 1 heterocycles. The SMILES string of the molecule is COc1ccc(NC(C)c2cnn(C)c2)cc1. The first-order chi connectivity index (χ1) is 8.19. The van der Waals surface area contributed by atoms with Crippen LogP contribution in [0, 0.1) is 0 Å². The molecule has 0 bridgehead atoms. The fourth-order valence-electron chi connectivity index (χ4n) is 1.68. The van der Waals surface area contributed by atoms with E-state index in [1.54, 1.807) is 7.11 Å². The standard InChI is InChI=1S/C13H17N3O/c1-10(11-8-14-16(2)9-11)15-12-4-6-13(17-3)7-5-12/h4-10,15H,1-3H3. The lowest BCUT2D eigenvalue weighted by Gasteiger charge is -2.13. The zero-order valence-corrected chi connectivity index (χ0v) is 10.3. The van der Waals surface area contributed by atoms with Crippen LogP contribution in [0.1, 0.15) is 18.5 Å². The molecule has 2 rings (SSSR count). The number of hydrogen-bond acceptors (Lipinski definition) is 3. The van der Waals surface area contributed by atoms with Gasteiger partial charge in [0.05, 0.1) is 19.3 Å². The van der Waals surface area contributed by atoms with Crippen molar-refractivity contribution in [2.45, 2.75) is 13.0 Å². The second-order valence-electron chi connectivity index (χ2n) is 4.04. The number of nitrogens with one attached hydrogen (secondary N) is 1. The van der Waals surface area contributed by atoms with E-state index in [0.717, 1.165) is 11.4 Å². The molecule has 1 unspecified atom stereocenters. The minimum absolute atomic E-state index is 0.233. The summed E-state index contributed by atoms with van der Waals surface area (Å²) in [5, 5.41) is 7.58. The van der Waals surface area contributed by atoms with E-state index in [0.29, 0.717) is 0 Å². The van der Waals surface area contributed by atoms with Crippen molar-refractivity contribution in [1.29, 1.82) is 0 Å². The molecule has 1 N–H and O–H groups in total. The maximum Gasteiger partial charge on any atom is 0.119 e. The summed E-state index contributed by atoms with van der Waals surface area (Å²) in [6, 6.07) is 8.13. The lowest BCUT2D eigenvalue weighted by Crippen LogP contribution is -2.05. The Balaban J connectivity index is 2.04. The summed E-state index contributed by atoms with van der Waals surface area (Å²) < 4.78 is 6.93. The van der Waals surface area contributed by atoms with Gasteiger partial charge in [-0.2, -0.15) is 5.10 Å². The highest BCUT2D eigenvalue weighted by molar-refractivity contribution is 5.47. The van der Waals surface area contributed by atoms with Crippen molar-refractivity contribution in [2.24, 2.45) is 7.05 Å². The third-order valence-corrected chi connectivity index (χ3v) is 2.70. The minimum atomic E-state index is 0.233. The Morgan fingerprint density at radius 1 is 1.29 bits per heavy atom. The number of nitrogens with zero attached hydrogens (tertiary/aromatic N) is 2. The number of aromatic nitrogens is 2.